The second kappa shape index (κ2) is 3.14. The first kappa shape index (κ1) is 10.1. The lowest BCUT2D eigenvalue weighted by Gasteiger charge is -2.38. The molecular weight excluding hydrogens is 210 g/mol. The molecule has 3 nitrogen and oxygen atoms in total. The molecule has 1 aliphatic carbocycles. The Morgan fingerprint density at radius 3 is 3.24 bits per heavy atom. The molecule has 2 aliphatic heterocycles. The van der Waals surface area contributed by atoms with E-state index in [1.165, 1.54) is 43.5 Å². The average molecular weight is 231 g/mol. The van der Waals surface area contributed by atoms with Crippen LogP contribution in [-0.2, 0) is 6.42 Å². The van der Waals surface area contributed by atoms with E-state index in [0.717, 1.165) is 17.9 Å². The van der Waals surface area contributed by atoms with E-state index in [1.54, 1.807) is 0 Å². The third-order valence-electron chi connectivity index (χ3n) is 5.65. The van der Waals surface area contributed by atoms with E-state index >= 15 is 0 Å². The van der Waals surface area contributed by atoms with Gasteiger partial charge in [0.25, 0.3) is 0 Å². The van der Waals surface area contributed by atoms with Crippen molar-refractivity contribution in [1.29, 1.82) is 0 Å². The molecule has 1 N–H and O–H groups in total. The van der Waals surface area contributed by atoms with E-state index in [-0.39, 0.29) is 0 Å². The van der Waals surface area contributed by atoms with Gasteiger partial charge >= 0.3 is 0 Å². The molecule has 2 fully saturated rings. The fraction of sp³-hybridized carbons (Fsp3) is 0.786. The Labute approximate surface area is 103 Å². The van der Waals surface area contributed by atoms with Gasteiger partial charge in [-0.05, 0) is 37.3 Å². The van der Waals surface area contributed by atoms with Gasteiger partial charge in [-0.2, -0.15) is 5.10 Å². The van der Waals surface area contributed by atoms with Gasteiger partial charge in [0.1, 0.15) is 0 Å². The van der Waals surface area contributed by atoms with Crippen molar-refractivity contribution in [2.75, 3.05) is 6.54 Å². The maximum atomic E-state index is 4.41. The second-order valence-electron chi connectivity index (χ2n) is 6.42. The van der Waals surface area contributed by atoms with Gasteiger partial charge in [-0.15, -0.1) is 0 Å². The Balaban J connectivity index is 1.76. The molecule has 3 unspecified atom stereocenters. The van der Waals surface area contributed by atoms with Gasteiger partial charge in [0.15, 0.2) is 0 Å². The third kappa shape index (κ3) is 1.09. The summed E-state index contributed by atoms with van der Waals surface area (Å²) in [5.41, 5.74) is 3.36. The van der Waals surface area contributed by atoms with Crippen molar-refractivity contribution < 1.29 is 0 Å². The largest absolute Gasteiger partial charge is 0.293 e. The fourth-order valence-corrected chi connectivity index (χ4v) is 4.81. The number of hydrogen-bond donors (Lipinski definition) is 1. The Kier molecular flexibility index (Phi) is 1.87. The molecule has 3 heterocycles. The van der Waals surface area contributed by atoms with Gasteiger partial charge in [-0.3, -0.25) is 10.00 Å². The summed E-state index contributed by atoms with van der Waals surface area (Å²) in [6.45, 7) is 6.14. The van der Waals surface area contributed by atoms with Crippen LogP contribution in [0.3, 0.4) is 0 Å². The van der Waals surface area contributed by atoms with Crippen molar-refractivity contribution in [2.24, 2.45) is 5.92 Å². The molecule has 0 radical (unpaired) electrons. The van der Waals surface area contributed by atoms with Crippen molar-refractivity contribution in [3.8, 4) is 0 Å². The minimum Gasteiger partial charge on any atom is -0.293 e. The first-order valence-corrected chi connectivity index (χ1v) is 7.02. The highest BCUT2D eigenvalue weighted by Crippen LogP contribution is 2.56. The zero-order valence-corrected chi connectivity index (χ0v) is 10.7. The zero-order chi connectivity index (χ0) is 11.6. The summed E-state index contributed by atoms with van der Waals surface area (Å²) >= 11 is 0. The number of H-pyrrole nitrogens is 1. The van der Waals surface area contributed by atoms with Crippen LogP contribution in [0, 0.1) is 5.92 Å². The molecule has 0 saturated carbocycles. The van der Waals surface area contributed by atoms with Crippen LogP contribution in [0.2, 0.25) is 0 Å². The predicted octanol–water partition coefficient (Wildman–Crippen LogP) is 2.31. The Morgan fingerprint density at radius 1 is 1.53 bits per heavy atom. The highest BCUT2D eigenvalue weighted by Gasteiger charge is 2.57. The normalized spacial score (nSPS) is 39.7. The third-order valence-corrected chi connectivity index (χ3v) is 5.65. The number of fused-ring (bicyclic) bond motifs is 5. The molecular formula is C14H21N3. The Bertz CT molecular complexity index is 450. The number of aromatic amines is 1. The number of nitrogens with one attached hydrogen (secondary N) is 1. The maximum absolute atomic E-state index is 4.41. The van der Waals surface area contributed by atoms with Gasteiger partial charge in [0.05, 0.1) is 5.69 Å². The zero-order valence-electron chi connectivity index (χ0n) is 10.7. The number of hydrogen-bond acceptors (Lipinski definition) is 2. The molecule has 0 aromatic carbocycles. The summed E-state index contributed by atoms with van der Waals surface area (Å²) in [5.74, 6) is 1.54. The lowest BCUT2D eigenvalue weighted by atomic mass is 9.79. The van der Waals surface area contributed by atoms with E-state index in [9.17, 15) is 0 Å². The topological polar surface area (TPSA) is 31.9 Å². The van der Waals surface area contributed by atoms with Crippen LogP contribution in [0.25, 0.3) is 0 Å². The van der Waals surface area contributed by atoms with Gasteiger partial charge in [-0.1, -0.05) is 13.8 Å². The molecule has 2 saturated heterocycles. The van der Waals surface area contributed by atoms with E-state index in [4.69, 9.17) is 0 Å². The van der Waals surface area contributed by atoms with Crippen LogP contribution in [0.5, 0.6) is 0 Å². The lowest BCUT2D eigenvalue weighted by molar-refractivity contribution is 0.103. The second-order valence-corrected chi connectivity index (χ2v) is 6.42. The highest BCUT2D eigenvalue weighted by molar-refractivity contribution is 5.35. The molecule has 0 amide bonds. The van der Waals surface area contributed by atoms with Crippen LogP contribution in [0.15, 0.2) is 6.20 Å². The summed E-state index contributed by atoms with van der Waals surface area (Å²) in [7, 11) is 0. The van der Waals surface area contributed by atoms with Gasteiger partial charge in [0.2, 0.25) is 0 Å². The van der Waals surface area contributed by atoms with Crippen LogP contribution >= 0.6 is 0 Å². The standard InChI is InChI=1S/C14H21N3/c1-9(2)14-4-3-5-17(14)13-6-12-11(8-15-16-12)10(13)7-14/h8-10,13H,3-7H2,1-2H3,(H,15,16). The summed E-state index contributed by atoms with van der Waals surface area (Å²) in [6.07, 6.45) is 7.49. The highest BCUT2D eigenvalue weighted by atomic mass is 15.3. The van der Waals surface area contributed by atoms with Crippen molar-refractivity contribution in [3.05, 3.63) is 17.5 Å². The average Bonchev–Trinajstić information content (AvgIpc) is 2.94. The first-order chi connectivity index (χ1) is 8.22. The number of nitrogens with zero attached hydrogens (tertiary/aromatic N) is 2. The monoisotopic (exact) mass is 231 g/mol. The Morgan fingerprint density at radius 2 is 2.41 bits per heavy atom. The lowest BCUT2D eigenvalue weighted by Crippen LogP contribution is -2.46. The van der Waals surface area contributed by atoms with E-state index in [1.807, 2.05) is 0 Å². The van der Waals surface area contributed by atoms with Crippen LogP contribution in [0.4, 0.5) is 0 Å². The summed E-state index contributed by atoms with van der Waals surface area (Å²) < 4.78 is 0. The SMILES string of the molecule is CC(C)C12CCCN1C1Cc3n[nH]cc3C1C2. The summed E-state index contributed by atoms with van der Waals surface area (Å²) in [4.78, 5) is 2.84. The van der Waals surface area contributed by atoms with Crippen molar-refractivity contribution >= 4 is 0 Å². The van der Waals surface area contributed by atoms with Crippen LogP contribution in [-0.4, -0.2) is 33.2 Å². The van der Waals surface area contributed by atoms with Crippen molar-refractivity contribution in [1.82, 2.24) is 15.1 Å². The molecule has 3 aliphatic rings. The van der Waals surface area contributed by atoms with Crippen molar-refractivity contribution in [2.45, 2.75) is 57.0 Å². The minimum absolute atomic E-state index is 0.504. The van der Waals surface area contributed by atoms with E-state index in [0.29, 0.717) is 5.54 Å². The van der Waals surface area contributed by atoms with E-state index in [2.05, 4.69) is 35.1 Å². The molecule has 17 heavy (non-hydrogen) atoms. The summed E-state index contributed by atoms with van der Waals surface area (Å²) in [6, 6.07) is 0.756. The molecule has 3 atom stereocenters. The molecule has 3 heteroatoms. The minimum atomic E-state index is 0.504. The fourth-order valence-electron chi connectivity index (χ4n) is 4.81. The quantitative estimate of drug-likeness (QED) is 0.804. The summed E-state index contributed by atoms with van der Waals surface area (Å²) in [5, 5.41) is 7.46. The van der Waals surface area contributed by atoms with Crippen molar-refractivity contribution in [3.63, 3.8) is 0 Å². The number of rotatable bonds is 1. The predicted molar refractivity (Wildman–Crippen MR) is 66.9 cm³/mol. The molecule has 1 aromatic heterocycles. The van der Waals surface area contributed by atoms with Gasteiger partial charge < -0.3 is 0 Å². The molecule has 4 rings (SSSR count). The number of aromatic nitrogens is 2. The first-order valence-electron chi connectivity index (χ1n) is 7.02. The molecule has 1 aromatic rings. The van der Waals surface area contributed by atoms with Crippen LogP contribution in [0.1, 0.15) is 50.3 Å². The smallest absolute Gasteiger partial charge is 0.0673 e. The Hall–Kier alpha value is -0.830. The molecule has 0 bridgehead atoms. The van der Waals surface area contributed by atoms with E-state index < -0.39 is 0 Å². The molecule has 92 valence electrons. The van der Waals surface area contributed by atoms with Crippen LogP contribution < -0.4 is 0 Å². The maximum Gasteiger partial charge on any atom is 0.0673 e. The molecule has 0 spiro atoms. The van der Waals surface area contributed by atoms with Gasteiger partial charge in [0, 0.05) is 30.1 Å². The van der Waals surface area contributed by atoms with Gasteiger partial charge in [-0.25, -0.2) is 0 Å².